The molecule has 1 aliphatic carbocycles. The van der Waals surface area contributed by atoms with Crippen molar-refractivity contribution in [3.63, 3.8) is 0 Å². The normalized spacial score (nSPS) is 21.0. The van der Waals surface area contributed by atoms with Gasteiger partial charge in [0.2, 0.25) is 5.91 Å². The second-order valence-corrected chi connectivity index (χ2v) is 12.2. The van der Waals surface area contributed by atoms with E-state index in [9.17, 15) is 23.1 Å². The van der Waals surface area contributed by atoms with Gasteiger partial charge < -0.3 is 25.0 Å². The second kappa shape index (κ2) is 11.2. The molecule has 2 aromatic carbocycles. The van der Waals surface area contributed by atoms with Crippen LogP contribution in [0.2, 0.25) is 0 Å². The number of ether oxygens (including phenoxy) is 1. The number of methoxy groups -OCH3 is 1. The molecule has 1 saturated heterocycles. The first-order valence-corrected chi connectivity index (χ1v) is 14.8. The van der Waals surface area contributed by atoms with Gasteiger partial charge in [-0.05, 0) is 67.6 Å². The molecule has 226 valence electrons. The predicted molar refractivity (Wildman–Crippen MR) is 154 cm³/mol. The van der Waals surface area contributed by atoms with Gasteiger partial charge in [-0.3, -0.25) is 9.69 Å². The number of piperidine rings is 1. The summed E-state index contributed by atoms with van der Waals surface area (Å²) >= 11 is 0. The molecule has 1 atom stereocenters. The van der Waals surface area contributed by atoms with Crippen molar-refractivity contribution in [1.29, 1.82) is 0 Å². The van der Waals surface area contributed by atoms with E-state index in [0.29, 0.717) is 50.3 Å². The summed E-state index contributed by atoms with van der Waals surface area (Å²) in [4.78, 5) is 20.6. The highest BCUT2D eigenvalue weighted by atomic mass is 19.4. The number of carbonyl (C=O) groups is 1. The van der Waals surface area contributed by atoms with Crippen molar-refractivity contribution in [3.05, 3.63) is 64.3 Å². The summed E-state index contributed by atoms with van der Waals surface area (Å²) in [6, 6.07) is 9.91. The van der Waals surface area contributed by atoms with Gasteiger partial charge in [-0.25, -0.2) is 0 Å². The fourth-order valence-corrected chi connectivity index (χ4v) is 7.31. The molecule has 1 unspecified atom stereocenters. The molecule has 1 saturated carbocycles. The number of hydrogen-bond acceptors (Lipinski definition) is 5. The third-order valence-corrected chi connectivity index (χ3v) is 9.74. The van der Waals surface area contributed by atoms with Crippen molar-refractivity contribution in [2.45, 2.75) is 62.8 Å². The lowest BCUT2D eigenvalue weighted by Gasteiger charge is -2.51. The van der Waals surface area contributed by atoms with E-state index in [1.165, 1.54) is 6.07 Å². The molecule has 3 heterocycles. The highest BCUT2D eigenvalue weighted by Gasteiger charge is 2.48. The Morgan fingerprint density at radius 3 is 2.55 bits per heavy atom. The van der Waals surface area contributed by atoms with E-state index in [-0.39, 0.29) is 36.0 Å². The summed E-state index contributed by atoms with van der Waals surface area (Å²) in [7, 11) is 3.32. The number of H-pyrrole nitrogens is 1. The lowest BCUT2D eigenvalue weighted by atomic mass is 9.68. The van der Waals surface area contributed by atoms with Gasteiger partial charge in [-0.2, -0.15) is 13.2 Å². The molecular weight excluding hydrogens is 545 g/mol. The van der Waals surface area contributed by atoms with Crippen LogP contribution < -0.4 is 10.1 Å². The zero-order chi connectivity index (χ0) is 29.6. The van der Waals surface area contributed by atoms with Gasteiger partial charge in [0, 0.05) is 66.7 Å². The molecule has 0 bridgehead atoms. The zero-order valence-corrected chi connectivity index (χ0v) is 24.2. The Balaban J connectivity index is 1.40. The molecule has 3 aliphatic rings. The summed E-state index contributed by atoms with van der Waals surface area (Å²) in [5, 5.41) is 14.6. The van der Waals surface area contributed by atoms with Crippen LogP contribution in [0.3, 0.4) is 0 Å². The molecule has 6 rings (SSSR count). The van der Waals surface area contributed by atoms with Gasteiger partial charge in [0.25, 0.3) is 0 Å². The zero-order valence-electron chi connectivity index (χ0n) is 24.2. The van der Waals surface area contributed by atoms with Gasteiger partial charge in [0.05, 0.1) is 25.3 Å². The van der Waals surface area contributed by atoms with Crippen molar-refractivity contribution < 1.29 is 27.8 Å². The third kappa shape index (κ3) is 5.07. The molecule has 10 heteroatoms. The van der Waals surface area contributed by atoms with Crippen LogP contribution in [0.15, 0.2) is 36.4 Å². The first-order chi connectivity index (χ1) is 20.2. The number of fused-ring (bicyclic) bond motifs is 4. The van der Waals surface area contributed by atoms with Crippen LogP contribution in [0.1, 0.15) is 66.1 Å². The molecule has 1 spiro atoms. The van der Waals surface area contributed by atoms with E-state index in [0.717, 1.165) is 41.4 Å². The van der Waals surface area contributed by atoms with Gasteiger partial charge in [-0.1, -0.05) is 18.6 Å². The fourth-order valence-electron chi connectivity index (χ4n) is 7.31. The number of amides is 1. The number of likely N-dealkylation sites (tertiary alicyclic amines) is 1. The largest absolute Gasteiger partial charge is 0.497 e. The molecule has 0 radical (unpaired) electrons. The van der Waals surface area contributed by atoms with E-state index in [1.54, 1.807) is 26.3 Å². The maximum absolute atomic E-state index is 14.3. The smallest absolute Gasteiger partial charge is 0.416 e. The molecule has 1 amide bonds. The Morgan fingerprint density at radius 2 is 1.93 bits per heavy atom. The standard InChI is InChI=1S/C32H39F3N4O3/c1-36-16-20-6-7-22(25(14-20)32(33,34)35)17-39-19-31(10-12-38(13-11-31)30(41)21-4-3-5-21)28-24-9-8-23(42-2)15-26(24)37-29(28)27(39)18-40/h6-9,14-15,21,27,36-37,40H,3-5,10-13,16-19H2,1-2H3. The molecule has 3 N–H and O–H groups in total. The number of alkyl halides is 3. The topological polar surface area (TPSA) is 80.8 Å². The highest BCUT2D eigenvalue weighted by Crippen LogP contribution is 2.50. The Labute approximate surface area is 244 Å². The number of carbonyl (C=O) groups excluding carboxylic acids is 1. The fraction of sp³-hybridized carbons (Fsp3) is 0.531. The highest BCUT2D eigenvalue weighted by molar-refractivity contribution is 5.88. The van der Waals surface area contributed by atoms with Crippen LogP contribution in [0.4, 0.5) is 13.2 Å². The minimum atomic E-state index is -4.50. The molecule has 2 fully saturated rings. The number of aliphatic hydroxyl groups excluding tert-OH is 1. The van der Waals surface area contributed by atoms with E-state index in [4.69, 9.17) is 4.74 Å². The Morgan fingerprint density at radius 1 is 1.17 bits per heavy atom. The molecule has 7 nitrogen and oxygen atoms in total. The maximum atomic E-state index is 14.3. The first kappa shape index (κ1) is 29.0. The first-order valence-electron chi connectivity index (χ1n) is 14.8. The summed E-state index contributed by atoms with van der Waals surface area (Å²) in [5.41, 5.74) is 2.56. The average molecular weight is 585 g/mol. The van der Waals surface area contributed by atoms with Gasteiger partial charge >= 0.3 is 6.18 Å². The number of hydrogen-bond donors (Lipinski definition) is 3. The van der Waals surface area contributed by atoms with Crippen LogP contribution in [0.5, 0.6) is 5.75 Å². The van der Waals surface area contributed by atoms with E-state index in [1.807, 2.05) is 28.0 Å². The number of nitrogens with one attached hydrogen (secondary N) is 2. The van der Waals surface area contributed by atoms with E-state index < -0.39 is 17.8 Å². The van der Waals surface area contributed by atoms with Crippen molar-refractivity contribution in [2.24, 2.45) is 5.92 Å². The lowest BCUT2D eigenvalue weighted by Crippen LogP contribution is -2.55. The molecule has 2 aliphatic heterocycles. The van der Waals surface area contributed by atoms with Crippen molar-refractivity contribution >= 4 is 16.8 Å². The average Bonchev–Trinajstić information content (AvgIpc) is 3.32. The van der Waals surface area contributed by atoms with Gasteiger partial charge in [0.15, 0.2) is 0 Å². The number of benzene rings is 2. The van der Waals surface area contributed by atoms with Crippen molar-refractivity contribution in [1.82, 2.24) is 20.1 Å². The number of aliphatic hydroxyl groups is 1. The second-order valence-electron chi connectivity index (χ2n) is 12.2. The maximum Gasteiger partial charge on any atom is 0.416 e. The molecule has 3 aromatic rings. The molecule has 42 heavy (non-hydrogen) atoms. The lowest BCUT2D eigenvalue weighted by molar-refractivity contribution is -0.140. The summed E-state index contributed by atoms with van der Waals surface area (Å²) in [6.07, 6.45) is -0.0787. The third-order valence-electron chi connectivity index (χ3n) is 9.74. The monoisotopic (exact) mass is 584 g/mol. The number of aromatic nitrogens is 1. The van der Waals surface area contributed by atoms with Crippen LogP contribution in [-0.4, -0.2) is 66.2 Å². The Bertz CT molecular complexity index is 1460. The number of aromatic amines is 1. The molecule has 1 aromatic heterocycles. The minimum Gasteiger partial charge on any atom is -0.497 e. The van der Waals surface area contributed by atoms with Crippen LogP contribution in [0.25, 0.3) is 10.9 Å². The Kier molecular flexibility index (Phi) is 7.74. The van der Waals surface area contributed by atoms with Crippen LogP contribution in [-0.2, 0) is 29.5 Å². The summed E-state index contributed by atoms with van der Waals surface area (Å²) in [6.45, 7) is 1.87. The number of rotatable bonds is 7. The van der Waals surface area contributed by atoms with Crippen LogP contribution >= 0.6 is 0 Å². The van der Waals surface area contributed by atoms with Crippen molar-refractivity contribution in [3.8, 4) is 5.75 Å². The quantitative estimate of drug-likeness (QED) is 0.359. The SMILES string of the molecule is CNCc1ccc(CN2CC3(CCN(C(=O)C4CCC4)CC3)c3c([nH]c4cc(OC)ccc34)C2CO)c(C(F)(F)F)c1. The van der Waals surface area contributed by atoms with Gasteiger partial charge in [-0.15, -0.1) is 0 Å². The number of halogens is 3. The van der Waals surface area contributed by atoms with Crippen LogP contribution in [0, 0.1) is 5.92 Å². The minimum absolute atomic E-state index is 0.0461. The van der Waals surface area contributed by atoms with E-state index >= 15 is 0 Å². The van der Waals surface area contributed by atoms with Crippen molar-refractivity contribution in [2.75, 3.05) is 40.4 Å². The van der Waals surface area contributed by atoms with Gasteiger partial charge in [0.1, 0.15) is 5.75 Å². The Hall–Kier alpha value is -3.08. The molecular formula is C32H39F3N4O3. The number of nitrogens with zero attached hydrogens (tertiary/aromatic N) is 2. The summed E-state index contributed by atoms with van der Waals surface area (Å²) in [5.74, 6) is 1.06. The summed E-state index contributed by atoms with van der Waals surface area (Å²) < 4.78 is 48.3. The van der Waals surface area contributed by atoms with E-state index in [2.05, 4.69) is 10.3 Å². The predicted octanol–water partition coefficient (Wildman–Crippen LogP) is 5.12.